The topological polar surface area (TPSA) is 61.3 Å². The fraction of sp³-hybridized carbons (Fsp3) is 0.312. The van der Waals surface area contributed by atoms with E-state index in [1.807, 2.05) is 20.8 Å². The normalized spacial score (nSPS) is 10.3. The molecule has 5 nitrogen and oxygen atoms in total. The number of Topliss-reactive ketones (excluding diaryl/α,β-unsaturated/α-hetero) is 1. The first kappa shape index (κ1) is 15.0. The van der Waals surface area contributed by atoms with Gasteiger partial charge in [0.05, 0.1) is 6.61 Å². The zero-order valence-corrected chi connectivity index (χ0v) is 12.6. The molecular weight excluding hydrogens is 268 g/mol. The summed E-state index contributed by atoms with van der Waals surface area (Å²) in [6.45, 7) is 7.74. The van der Waals surface area contributed by atoms with E-state index in [9.17, 15) is 4.79 Å². The van der Waals surface area contributed by atoms with Crippen LogP contribution in [0.3, 0.4) is 0 Å². The fourth-order valence-electron chi connectivity index (χ4n) is 2.25. The van der Waals surface area contributed by atoms with Crippen molar-refractivity contribution >= 4 is 5.78 Å². The molecule has 0 saturated carbocycles. The summed E-state index contributed by atoms with van der Waals surface area (Å²) in [5.74, 6) is 1.12. The van der Waals surface area contributed by atoms with Crippen LogP contribution >= 0.6 is 0 Å². The minimum Gasteiger partial charge on any atom is -0.478 e. The first-order chi connectivity index (χ1) is 10.0. The zero-order valence-electron chi connectivity index (χ0n) is 12.6. The Hall–Kier alpha value is -2.43. The van der Waals surface area contributed by atoms with Crippen LogP contribution < -0.4 is 9.47 Å². The number of carbonyl (C=O) groups excluding carboxylic acids is 1. The van der Waals surface area contributed by atoms with Gasteiger partial charge in [0.15, 0.2) is 5.78 Å². The second kappa shape index (κ2) is 6.35. The molecule has 0 fully saturated rings. The molecule has 0 aliphatic heterocycles. The van der Waals surface area contributed by atoms with Crippen molar-refractivity contribution in [1.29, 1.82) is 0 Å². The van der Waals surface area contributed by atoms with Gasteiger partial charge in [-0.05, 0) is 51.0 Å². The Bertz CT molecular complexity index is 645. The van der Waals surface area contributed by atoms with E-state index in [0.29, 0.717) is 18.2 Å². The van der Waals surface area contributed by atoms with Crippen LogP contribution in [0.1, 0.15) is 35.3 Å². The third-order valence-corrected chi connectivity index (χ3v) is 2.97. The molecule has 5 heteroatoms. The van der Waals surface area contributed by atoms with Gasteiger partial charge in [-0.1, -0.05) is 0 Å². The number of nitrogens with zero attached hydrogens (tertiary/aromatic N) is 2. The van der Waals surface area contributed by atoms with Crippen molar-refractivity contribution in [3.05, 3.63) is 41.1 Å². The van der Waals surface area contributed by atoms with E-state index in [-0.39, 0.29) is 11.8 Å². The van der Waals surface area contributed by atoms with E-state index < -0.39 is 0 Å². The van der Waals surface area contributed by atoms with E-state index in [2.05, 4.69) is 9.97 Å². The van der Waals surface area contributed by atoms with Crippen LogP contribution in [0.2, 0.25) is 0 Å². The molecule has 1 aromatic carbocycles. The lowest BCUT2D eigenvalue weighted by atomic mass is 9.99. The highest BCUT2D eigenvalue weighted by atomic mass is 16.5. The Morgan fingerprint density at radius 2 is 1.90 bits per heavy atom. The highest BCUT2D eigenvalue weighted by Gasteiger charge is 2.11. The molecule has 0 saturated heterocycles. The zero-order chi connectivity index (χ0) is 15.4. The van der Waals surface area contributed by atoms with Gasteiger partial charge in [-0.25, -0.2) is 4.98 Å². The molecule has 0 amide bonds. The van der Waals surface area contributed by atoms with Crippen molar-refractivity contribution in [1.82, 2.24) is 9.97 Å². The van der Waals surface area contributed by atoms with E-state index in [1.54, 1.807) is 31.3 Å². The highest BCUT2D eigenvalue weighted by Crippen LogP contribution is 2.25. The van der Waals surface area contributed by atoms with Crippen LogP contribution in [-0.2, 0) is 0 Å². The highest BCUT2D eigenvalue weighted by molar-refractivity contribution is 5.97. The van der Waals surface area contributed by atoms with Gasteiger partial charge in [0.2, 0.25) is 5.88 Å². The molecule has 2 rings (SSSR count). The fourth-order valence-corrected chi connectivity index (χ4v) is 2.25. The van der Waals surface area contributed by atoms with Gasteiger partial charge in [-0.2, -0.15) is 4.98 Å². The van der Waals surface area contributed by atoms with E-state index >= 15 is 0 Å². The van der Waals surface area contributed by atoms with E-state index in [0.717, 1.165) is 16.7 Å². The molecule has 0 spiro atoms. The van der Waals surface area contributed by atoms with Gasteiger partial charge in [-0.3, -0.25) is 4.79 Å². The minimum atomic E-state index is 0.0474. The average Bonchev–Trinajstić information content (AvgIpc) is 2.38. The predicted molar refractivity (Wildman–Crippen MR) is 79.2 cm³/mol. The minimum absolute atomic E-state index is 0.0474. The average molecular weight is 286 g/mol. The molecule has 0 N–H and O–H groups in total. The van der Waals surface area contributed by atoms with Crippen LogP contribution in [0.25, 0.3) is 0 Å². The van der Waals surface area contributed by atoms with Crippen LogP contribution in [0.15, 0.2) is 24.4 Å². The number of hydrogen-bond donors (Lipinski definition) is 0. The molecule has 21 heavy (non-hydrogen) atoms. The molecule has 1 heterocycles. The number of rotatable bonds is 5. The Labute approximate surface area is 124 Å². The first-order valence-electron chi connectivity index (χ1n) is 6.77. The molecule has 0 atom stereocenters. The summed E-state index contributed by atoms with van der Waals surface area (Å²) in [4.78, 5) is 19.8. The van der Waals surface area contributed by atoms with Gasteiger partial charge >= 0.3 is 6.01 Å². The molecule has 0 aliphatic rings. The summed E-state index contributed by atoms with van der Waals surface area (Å²) in [5, 5.41) is 0. The van der Waals surface area contributed by atoms with Crippen molar-refractivity contribution in [3.63, 3.8) is 0 Å². The lowest BCUT2D eigenvalue weighted by Gasteiger charge is -2.11. The van der Waals surface area contributed by atoms with Gasteiger partial charge < -0.3 is 9.47 Å². The predicted octanol–water partition coefficient (Wildman–Crippen LogP) is 3.49. The molecule has 110 valence electrons. The molecule has 0 radical (unpaired) electrons. The van der Waals surface area contributed by atoms with Gasteiger partial charge in [0, 0.05) is 17.8 Å². The summed E-state index contributed by atoms with van der Waals surface area (Å²) >= 11 is 0. The van der Waals surface area contributed by atoms with Crippen LogP contribution in [0, 0.1) is 13.8 Å². The second-order valence-corrected chi connectivity index (χ2v) is 4.70. The van der Waals surface area contributed by atoms with Gasteiger partial charge in [0.1, 0.15) is 5.75 Å². The Morgan fingerprint density at radius 3 is 2.48 bits per heavy atom. The summed E-state index contributed by atoms with van der Waals surface area (Å²) in [6.07, 6.45) is 1.58. The van der Waals surface area contributed by atoms with Crippen LogP contribution in [0.5, 0.6) is 17.6 Å². The summed E-state index contributed by atoms with van der Waals surface area (Å²) in [5.41, 5.74) is 2.48. The van der Waals surface area contributed by atoms with Crippen LogP contribution in [0.4, 0.5) is 0 Å². The lowest BCUT2D eigenvalue weighted by Crippen LogP contribution is -2.02. The van der Waals surface area contributed by atoms with Crippen molar-refractivity contribution < 1.29 is 14.3 Å². The monoisotopic (exact) mass is 286 g/mol. The van der Waals surface area contributed by atoms with Crippen molar-refractivity contribution in [3.8, 4) is 17.6 Å². The summed E-state index contributed by atoms with van der Waals surface area (Å²) in [6, 6.07) is 5.50. The smallest absolute Gasteiger partial charge is 0.325 e. The summed E-state index contributed by atoms with van der Waals surface area (Å²) in [7, 11) is 0. The van der Waals surface area contributed by atoms with E-state index in [1.165, 1.54) is 0 Å². The maximum atomic E-state index is 11.6. The number of benzene rings is 1. The molecular formula is C16H18N2O3. The third kappa shape index (κ3) is 3.56. The summed E-state index contributed by atoms with van der Waals surface area (Å²) < 4.78 is 11.0. The van der Waals surface area contributed by atoms with Crippen molar-refractivity contribution in [2.45, 2.75) is 27.7 Å². The number of aromatic nitrogens is 2. The number of carbonyl (C=O) groups is 1. The maximum Gasteiger partial charge on any atom is 0.325 e. The maximum absolute atomic E-state index is 11.6. The molecule has 2 aromatic rings. The lowest BCUT2D eigenvalue weighted by molar-refractivity contribution is 0.101. The van der Waals surface area contributed by atoms with E-state index in [4.69, 9.17) is 9.47 Å². The Kier molecular flexibility index (Phi) is 4.52. The molecule has 1 aromatic heterocycles. The Morgan fingerprint density at radius 1 is 1.24 bits per heavy atom. The number of aryl methyl sites for hydroxylation is 2. The SMILES string of the molecule is CCOc1ccnc(Oc2cc(C)c(C(C)=O)c(C)c2)n1. The van der Waals surface area contributed by atoms with Crippen molar-refractivity contribution in [2.24, 2.45) is 0 Å². The first-order valence-corrected chi connectivity index (χ1v) is 6.77. The molecule has 0 bridgehead atoms. The number of ketones is 1. The second-order valence-electron chi connectivity index (χ2n) is 4.70. The molecule has 0 unspecified atom stereocenters. The van der Waals surface area contributed by atoms with Crippen LogP contribution in [-0.4, -0.2) is 22.4 Å². The quantitative estimate of drug-likeness (QED) is 0.787. The Balaban J connectivity index is 2.28. The third-order valence-electron chi connectivity index (χ3n) is 2.97. The largest absolute Gasteiger partial charge is 0.478 e. The molecule has 0 aliphatic carbocycles. The van der Waals surface area contributed by atoms with Crippen molar-refractivity contribution in [2.75, 3.05) is 6.61 Å². The van der Waals surface area contributed by atoms with Gasteiger partial charge in [-0.15, -0.1) is 0 Å². The van der Waals surface area contributed by atoms with Gasteiger partial charge in [0.25, 0.3) is 0 Å². The number of ether oxygens (including phenoxy) is 2. The number of hydrogen-bond acceptors (Lipinski definition) is 5. The standard InChI is InChI=1S/C16H18N2O3/c1-5-20-14-6-7-17-16(18-14)21-13-8-10(2)15(12(4)19)11(3)9-13/h6-9H,5H2,1-4H3.